The number of hydrogen-bond donors (Lipinski definition) is 3. The van der Waals surface area contributed by atoms with Crippen LogP contribution in [0, 0.1) is 0 Å². The summed E-state index contributed by atoms with van der Waals surface area (Å²) in [5.41, 5.74) is 2.08. The molecule has 5 aromatic rings. The summed E-state index contributed by atoms with van der Waals surface area (Å²) in [5.74, 6) is 0.926. The number of para-hydroxylation sites is 1. The Morgan fingerprint density at radius 2 is 1.53 bits per heavy atom. The van der Waals surface area contributed by atoms with E-state index in [-0.39, 0.29) is 17.4 Å². The van der Waals surface area contributed by atoms with Crippen LogP contribution >= 0.6 is 23.4 Å². The van der Waals surface area contributed by atoms with Gasteiger partial charge in [-0.3, -0.25) is 14.4 Å². The van der Waals surface area contributed by atoms with Gasteiger partial charge in [-0.05, 0) is 78.9 Å². The van der Waals surface area contributed by atoms with Crippen LogP contribution in [0.3, 0.4) is 0 Å². The van der Waals surface area contributed by atoms with Crippen molar-refractivity contribution in [3.05, 3.63) is 131 Å². The van der Waals surface area contributed by atoms with Gasteiger partial charge in [-0.2, -0.15) is 0 Å². The number of amides is 3. The zero-order valence-electron chi connectivity index (χ0n) is 25.4. The van der Waals surface area contributed by atoms with Crippen molar-refractivity contribution in [3.63, 3.8) is 0 Å². The SMILES string of the molecule is COc1ccc(Cl)cc1NC(=O)CSc1ccc(NC(=O)C(=Cc2ccc(-c3ccccc3OC)o2)NC(=O)c2ccccc2)cc1. The molecule has 0 aliphatic carbocycles. The third-order valence-electron chi connectivity index (χ3n) is 6.73. The minimum absolute atomic E-state index is 0.0219. The number of nitrogens with one attached hydrogen (secondary N) is 3. The summed E-state index contributed by atoms with van der Waals surface area (Å²) in [6, 6.07) is 31.4. The molecule has 0 spiro atoms. The van der Waals surface area contributed by atoms with Gasteiger partial charge in [0.1, 0.15) is 28.7 Å². The van der Waals surface area contributed by atoms with Gasteiger partial charge in [-0.25, -0.2) is 0 Å². The van der Waals surface area contributed by atoms with Crippen molar-refractivity contribution in [3.8, 4) is 22.8 Å². The van der Waals surface area contributed by atoms with Crippen LogP contribution in [0.4, 0.5) is 11.4 Å². The van der Waals surface area contributed by atoms with Gasteiger partial charge in [0.25, 0.3) is 11.8 Å². The predicted molar refractivity (Wildman–Crippen MR) is 185 cm³/mol. The van der Waals surface area contributed by atoms with E-state index in [1.165, 1.54) is 24.9 Å². The topological polar surface area (TPSA) is 119 Å². The number of hydrogen-bond acceptors (Lipinski definition) is 7. The monoisotopic (exact) mass is 667 g/mol. The lowest BCUT2D eigenvalue weighted by molar-refractivity contribution is -0.114. The first kappa shape index (κ1) is 32.9. The number of carbonyl (C=O) groups excluding carboxylic acids is 3. The highest BCUT2D eigenvalue weighted by atomic mass is 35.5. The lowest BCUT2D eigenvalue weighted by atomic mass is 10.1. The molecule has 0 saturated heterocycles. The number of thioether (sulfide) groups is 1. The Bertz CT molecular complexity index is 1910. The number of carbonyl (C=O) groups is 3. The Morgan fingerprint density at radius 3 is 2.28 bits per heavy atom. The fourth-order valence-corrected chi connectivity index (χ4v) is 5.32. The number of furan rings is 1. The highest BCUT2D eigenvalue weighted by molar-refractivity contribution is 8.00. The summed E-state index contributed by atoms with van der Waals surface area (Å²) >= 11 is 7.37. The number of halogens is 1. The van der Waals surface area contributed by atoms with Crippen LogP contribution in [-0.4, -0.2) is 37.7 Å². The molecule has 0 fully saturated rings. The molecule has 1 heterocycles. The lowest BCUT2D eigenvalue weighted by Crippen LogP contribution is -2.30. The summed E-state index contributed by atoms with van der Waals surface area (Å²) in [4.78, 5) is 39.9. The molecule has 0 radical (unpaired) electrons. The Labute approximate surface area is 280 Å². The number of rotatable bonds is 12. The van der Waals surface area contributed by atoms with E-state index in [1.54, 1.807) is 92.0 Å². The molecule has 1 aromatic heterocycles. The number of benzene rings is 4. The van der Waals surface area contributed by atoms with E-state index in [0.717, 1.165) is 10.5 Å². The standard InChI is InChI=1S/C36H30ClN3O6S/c1-44-31-11-7-6-10-28(31)32-19-15-26(46-32)21-30(40-35(42)23-8-4-3-5-9-23)36(43)38-25-13-16-27(17-14-25)47-22-34(41)39-29-20-24(37)12-18-33(29)45-2/h3-21H,22H2,1-2H3,(H,38,43)(H,39,41)(H,40,42). The van der Waals surface area contributed by atoms with Gasteiger partial charge in [-0.15, -0.1) is 11.8 Å². The molecule has 3 amide bonds. The third-order valence-corrected chi connectivity index (χ3v) is 7.98. The summed E-state index contributed by atoms with van der Waals surface area (Å²) in [7, 11) is 3.09. The van der Waals surface area contributed by atoms with Crippen molar-refractivity contribution in [2.24, 2.45) is 0 Å². The third kappa shape index (κ3) is 8.84. The molecule has 0 unspecified atom stereocenters. The van der Waals surface area contributed by atoms with Crippen molar-refractivity contribution in [2.45, 2.75) is 4.90 Å². The van der Waals surface area contributed by atoms with Crippen molar-refractivity contribution >= 4 is 58.5 Å². The van der Waals surface area contributed by atoms with Crippen molar-refractivity contribution < 1.29 is 28.3 Å². The van der Waals surface area contributed by atoms with Crippen LogP contribution in [0.1, 0.15) is 16.1 Å². The second kappa shape index (κ2) is 15.7. The molecule has 4 aromatic carbocycles. The molecule has 47 heavy (non-hydrogen) atoms. The molecule has 0 bridgehead atoms. The number of ether oxygens (including phenoxy) is 2. The summed E-state index contributed by atoms with van der Waals surface area (Å²) in [5, 5.41) is 8.81. The first-order valence-electron chi connectivity index (χ1n) is 14.3. The van der Waals surface area contributed by atoms with Gasteiger partial charge in [0.2, 0.25) is 5.91 Å². The molecule has 0 aliphatic heterocycles. The molecular weight excluding hydrogens is 638 g/mol. The van der Waals surface area contributed by atoms with E-state index < -0.39 is 11.8 Å². The average Bonchev–Trinajstić information content (AvgIpc) is 3.56. The van der Waals surface area contributed by atoms with Crippen LogP contribution < -0.4 is 25.4 Å². The summed E-state index contributed by atoms with van der Waals surface area (Å²) in [6.07, 6.45) is 1.47. The number of anilines is 2. The Kier molecular flexibility index (Phi) is 11.0. The zero-order chi connectivity index (χ0) is 33.2. The highest BCUT2D eigenvalue weighted by Gasteiger charge is 2.17. The largest absolute Gasteiger partial charge is 0.496 e. The van der Waals surface area contributed by atoms with Crippen LogP contribution in [0.25, 0.3) is 17.4 Å². The van der Waals surface area contributed by atoms with Crippen LogP contribution in [0.5, 0.6) is 11.5 Å². The lowest BCUT2D eigenvalue weighted by Gasteiger charge is -2.12. The Balaban J connectivity index is 1.28. The number of methoxy groups -OCH3 is 2. The van der Waals surface area contributed by atoms with Crippen molar-refractivity contribution in [2.75, 3.05) is 30.6 Å². The fraction of sp³-hybridized carbons (Fsp3) is 0.0833. The van der Waals surface area contributed by atoms with Crippen LogP contribution in [-0.2, 0) is 9.59 Å². The molecule has 0 aliphatic rings. The van der Waals surface area contributed by atoms with Crippen molar-refractivity contribution in [1.29, 1.82) is 0 Å². The second-order valence-electron chi connectivity index (χ2n) is 9.94. The van der Waals surface area contributed by atoms with E-state index in [1.807, 2.05) is 24.3 Å². The smallest absolute Gasteiger partial charge is 0.272 e. The molecule has 0 saturated carbocycles. The van der Waals surface area contributed by atoms with E-state index in [9.17, 15) is 14.4 Å². The maximum absolute atomic E-state index is 13.5. The maximum Gasteiger partial charge on any atom is 0.272 e. The zero-order valence-corrected chi connectivity index (χ0v) is 27.0. The molecule has 3 N–H and O–H groups in total. The Hall–Kier alpha value is -5.45. The summed E-state index contributed by atoms with van der Waals surface area (Å²) < 4.78 is 16.7. The Morgan fingerprint density at radius 1 is 0.809 bits per heavy atom. The van der Waals surface area contributed by atoms with E-state index in [2.05, 4.69) is 16.0 Å². The summed E-state index contributed by atoms with van der Waals surface area (Å²) in [6.45, 7) is 0. The molecule has 0 atom stereocenters. The van der Waals surface area contributed by atoms with E-state index in [0.29, 0.717) is 45.0 Å². The molecule has 11 heteroatoms. The minimum atomic E-state index is -0.556. The minimum Gasteiger partial charge on any atom is -0.496 e. The maximum atomic E-state index is 13.5. The molecule has 9 nitrogen and oxygen atoms in total. The van der Waals surface area contributed by atoms with E-state index >= 15 is 0 Å². The van der Waals surface area contributed by atoms with Gasteiger partial charge in [-0.1, -0.05) is 41.9 Å². The molecule has 238 valence electrons. The molecular formula is C36H30ClN3O6S. The van der Waals surface area contributed by atoms with Gasteiger partial charge >= 0.3 is 0 Å². The quantitative estimate of drug-likeness (QED) is 0.0919. The first-order valence-corrected chi connectivity index (χ1v) is 15.7. The van der Waals surface area contributed by atoms with E-state index in [4.69, 9.17) is 25.5 Å². The van der Waals surface area contributed by atoms with Crippen LogP contribution in [0.15, 0.2) is 124 Å². The fourth-order valence-electron chi connectivity index (χ4n) is 4.45. The first-order chi connectivity index (χ1) is 22.8. The van der Waals surface area contributed by atoms with Gasteiger partial charge in [0.05, 0.1) is 31.2 Å². The highest BCUT2D eigenvalue weighted by Crippen LogP contribution is 2.32. The average molecular weight is 668 g/mol. The van der Waals surface area contributed by atoms with Gasteiger partial charge in [0.15, 0.2) is 0 Å². The van der Waals surface area contributed by atoms with Crippen molar-refractivity contribution in [1.82, 2.24) is 5.32 Å². The molecule has 5 rings (SSSR count). The van der Waals surface area contributed by atoms with Crippen LogP contribution in [0.2, 0.25) is 5.02 Å². The predicted octanol–water partition coefficient (Wildman–Crippen LogP) is 7.76. The van der Waals surface area contributed by atoms with Gasteiger partial charge < -0.3 is 29.8 Å². The second-order valence-corrected chi connectivity index (χ2v) is 11.4. The van der Waals surface area contributed by atoms with Gasteiger partial charge in [0, 0.05) is 27.2 Å². The normalized spacial score (nSPS) is 11.0.